The molecule has 1 amide bonds. The number of carbonyl (C=O) groups is 1. The second kappa shape index (κ2) is 6.82. The highest BCUT2D eigenvalue weighted by molar-refractivity contribution is 5.78. The molecule has 3 nitrogen and oxygen atoms in total. The first-order chi connectivity index (χ1) is 6.52. The van der Waals surface area contributed by atoms with Gasteiger partial charge < -0.3 is 10.6 Å². The van der Waals surface area contributed by atoms with E-state index in [0.29, 0.717) is 0 Å². The first-order valence-corrected chi connectivity index (χ1v) is 5.53. The Hall–Kier alpha value is -0.570. The lowest BCUT2D eigenvalue weighted by Crippen LogP contribution is -2.35. The number of nitrogens with zero attached hydrogens (tertiary/aromatic N) is 1. The number of carbonyl (C=O) groups excluding carboxylic acids is 1. The van der Waals surface area contributed by atoms with Gasteiger partial charge in [-0.3, -0.25) is 4.79 Å². The fraction of sp³-hybridized carbons (Fsp3) is 0.909. The van der Waals surface area contributed by atoms with Crippen molar-refractivity contribution in [1.82, 2.24) is 4.90 Å². The zero-order chi connectivity index (χ0) is 11.1. The van der Waals surface area contributed by atoms with Crippen LogP contribution in [0.5, 0.6) is 0 Å². The molecule has 14 heavy (non-hydrogen) atoms. The van der Waals surface area contributed by atoms with Crippen molar-refractivity contribution < 1.29 is 4.79 Å². The van der Waals surface area contributed by atoms with E-state index < -0.39 is 0 Å². The lowest BCUT2D eigenvalue weighted by atomic mass is 10.0. The molecule has 0 aliphatic heterocycles. The summed E-state index contributed by atoms with van der Waals surface area (Å²) in [5.41, 5.74) is 5.64. The largest absolute Gasteiger partial charge is 0.345 e. The van der Waals surface area contributed by atoms with Gasteiger partial charge in [-0.15, -0.1) is 0 Å². The Bertz CT molecular complexity index is 165. The Labute approximate surface area is 87.6 Å². The van der Waals surface area contributed by atoms with Crippen molar-refractivity contribution in [3.63, 3.8) is 0 Å². The molecule has 3 heteroatoms. The Kier molecular flexibility index (Phi) is 6.54. The van der Waals surface area contributed by atoms with Gasteiger partial charge in [-0.2, -0.15) is 0 Å². The first kappa shape index (κ1) is 13.4. The lowest BCUT2D eigenvalue weighted by molar-refractivity contribution is -0.134. The topological polar surface area (TPSA) is 46.3 Å². The van der Waals surface area contributed by atoms with E-state index in [9.17, 15) is 4.79 Å². The van der Waals surface area contributed by atoms with Crippen LogP contribution in [-0.2, 0) is 4.79 Å². The van der Waals surface area contributed by atoms with E-state index in [0.717, 1.165) is 25.8 Å². The summed E-state index contributed by atoms with van der Waals surface area (Å²) in [5.74, 6) is 0.448. The Balaban J connectivity index is 3.97. The number of hydrogen-bond acceptors (Lipinski definition) is 2. The molecule has 84 valence electrons. The Morgan fingerprint density at radius 2 is 1.86 bits per heavy atom. The lowest BCUT2D eigenvalue weighted by Gasteiger charge is -2.22. The third-order valence-corrected chi connectivity index (χ3v) is 2.63. The number of hydrogen-bond donors (Lipinski definition) is 1. The van der Waals surface area contributed by atoms with Crippen molar-refractivity contribution in [3.05, 3.63) is 0 Å². The predicted octanol–water partition coefficient (Wildman–Crippen LogP) is 1.62. The third-order valence-electron chi connectivity index (χ3n) is 2.63. The molecular formula is C11H24N2O. The molecule has 0 rings (SSSR count). The highest BCUT2D eigenvalue weighted by Gasteiger charge is 2.18. The molecule has 0 saturated carbocycles. The van der Waals surface area contributed by atoms with Crippen molar-refractivity contribution in [3.8, 4) is 0 Å². The standard InChI is InChI=1S/C11H24N2O/c1-5-10(6-2)11(14)13(4)8-7-9(3)12/h9-10H,5-8,12H2,1-4H3. The average molecular weight is 200 g/mol. The molecule has 0 radical (unpaired) electrons. The van der Waals surface area contributed by atoms with E-state index in [1.807, 2.05) is 14.0 Å². The highest BCUT2D eigenvalue weighted by Crippen LogP contribution is 2.11. The van der Waals surface area contributed by atoms with Gasteiger partial charge in [0.2, 0.25) is 5.91 Å². The summed E-state index contributed by atoms with van der Waals surface area (Å²) in [6.07, 6.45) is 2.73. The molecule has 1 unspecified atom stereocenters. The molecular weight excluding hydrogens is 176 g/mol. The van der Waals surface area contributed by atoms with Gasteiger partial charge in [-0.25, -0.2) is 0 Å². The predicted molar refractivity (Wildman–Crippen MR) is 60.0 cm³/mol. The highest BCUT2D eigenvalue weighted by atomic mass is 16.2. The van der Waals surface area contributed by atoms with Gasteiger partial charge in [0.25, 0.3) is 0 Å². The minimum Gasteiger partial charge on any atom is -0.345 e. The molecule has 0 bridgehead atoms. The van der Waals surface area contributed by atoms with Crippen LogP contribution in [0.3, 0.4) is 0 Å². The van der Waals surface area contributed by atoms with Crippen LogP contribution in [-0.4, -0.2) is 30.4 Å². The number of nitrogens with two attached hydrogens (primary N) is 1. The van der Waals surface area contributed by atoms with Gasteiger partial charge in [-0.1, -0.05) is 13.8 Å². The van der Waals surface area contributed by atoms with Gasteiger partial charge in [0.05, 0.1) is 0 Å². The molecule has 0 aromatic carbocycles. The van der Waals surface area contributed by atoms with Crippen LogP contribution in [0.4, 0.5) is 0 Å². The fourth-order valence-electron chi connectivity index (χ4n) is 1.46. The van der Waals surface area contributed by atoms with Crippen LogP contribution < -0.4 is 5.73 Å². The smallest absolute Gasteiger partial charge is 0.225 e. The molecule has 0 aliphatic rings. The molecule has 0 spiro atoms. The molecule has 0 aliphatic carbocycles. The maximum Gasteiger partial charge on any atom is 0.225 e. The van der Waals surface area contributed by atoms with Crippen LogP contribution in [0.1, 0.15) is 40.0 Å². The minimum absolute atomic E-state index is 0.173. The van der Waals surface area contributed by atoms with E-state index in [2.05, 4.69) is 13.8 Å². The van der Waals surface area contributed by atoms with Gasteiger partial charge in [0.15, 0.2) is 0 Å². The molecule has 2 N–H and O–H groups in total. The van der Waals surface area contributed by atoms with E-state index in [4.69, 9.17) is 5.73 Å². The fourth-order valence-corrected chi connectivity index (χ4v) is 1.46. The van der Waals surface area contributed by atoms with Gasteiger partial charge in [0, 0.05) is 25.6 Å². The SMILES string of the molecule is CCC(CC)C(=O)N(C)CCC(C)N. The number of amides is 1. The zero-order valence-electron chi connectivity index (χ0n) is 9.92. The average Bonchev–Trinajstić information content (AvgIpc) is 2.15. The number of rotatable bonds is 6. The molecule has 0 aromatic rings. The van der Waals surface area contributed by atoms with Crippen molar-refractivity contribution in [2.45, 2.75) is 46.1 Å². The van der Waals surface area contributed by atoms with E-state index in [-0.39, 0.29) is 17.9 Å². The third kappa shape index (κ3) is 4.61. The summed E-state index contributed by atoms with van der Waals surface area (Å²) in [4.78, 5) is 13.6. The molecule has 1 atom stereocenters. The quantitative estimate of drug-likeness (QED) is 0.708. The monoisotopic (exact) mass is 200 g/mol. The van der Waals surface area contributed by atoms with Crippen LogP contribution in [0.25, 0.3) is 0 Å². The van der Waals surface area contributed by atoms with E-state index in [1.165, 1.54) is 0 Å². The van der Waals surface area contributed by atoms with E-state index >= 15 is 0 Å². The van der Waals surface area contributed by atoms with Crippen LogP contribution in [0, 0.1) is 5.92 Å². The van der Waals surface area contributed by atoms with Crippen molar-refractivity contribution in [2.75, 3.05) is 13.6 Å². The van der Waals surface area contributed by atoms with Crippen molar-refractivity contribution >= 4 is 5.91 Å². The summed E-state index contributed by atoms with van der Waals surface area (Å²) < 4.78 is 0. The maximum atomic E-state index is 11.8. The maximum absolute atomic E-state index is 11.8. The summed E-state index contributed by atoms with van der Waals surface area (Å²) in [6.45, 7) is 6.86. The van der Waals surface area contributed by atoms with E-state index in [1.54, 1.807) is 4.90 Å². The summed E-state index contributed by atoms with van der Waals surface area (Å²) in [5, 5.41) is 0. The van der Waals surface area contributed by atoms with Crippen LogP contribution >= 0.6 is 0 Å². The van der Waals surface area contributed by atoms with Crippen LogP contribution in [0.2, 0.25) is 0 Å². The molecule has 0 aromatic heterocycles. The van der Waals surface area contributed by atoms with Crippen LogP contribution in [0.15, 0.2) is 0 Å². The van der Waals surface area contributed by atoms with Crippen molar-refractivity contribution in [2.24, 2.45) is 11.7 Å². The Morgan fingerprint density at radius 3 is 2.21 bits per heavy atom. The van der Waals surface area contributed by atoms with Gasteiger partial charge in [-0.05, 0) is 26.2 Å². The van der Waals surface area contributed by atoms with Crippen molar-refractivity contribution in [1.29, 1.82) is 0 Å². The summed E-state index contributed by atoms with van der Waals surface area (Å²) >= 11 is 0. The Morgan fingerprint density at radius 1 is 1.36 bits per heavy atom. The van der Waals surface area contributed by atoms with Gasteiger partial charge in [0.1, 0.15) is 0 Å². The zero-order valence-corrected chi connectivity index (χ0v) is 9.92. The molecule has 0 fully saturated rings. The minimum atomic E-state index is 0.173. The summed E-state index contributed by atoms with van der Waals surface area (Å²) in [6, 6.07) is 0.173. The molecule has 0 heterocycles. The summed E-state index contributed by atoms with van der Waals surface area (Å²) in [7, 11) is 1.86. The van der Waals surface area contributed by atoms with Gasteiger partial charge >= 0.3 is 0 Å². The molecule has 0 saturated heterocycles. The second-order valence-corrected chi connectivity index (χ2v) is 4.04. The normalized spacial score (nSPS) is 13.0. The second-order valence-electron chi connectivity index (χ2n) is 4.04. The first-order valence-electron chi connectivity index (χ1n) is 5.53.